The van der Waals surface area contributed by atoms with Crippen molar-refractivity contribution in [3.8, 4) is 0 Å². The molecule has 0 aliphatic carbocycles. The van der Waals surface area contributed by atoms with E-state index in [9.17, 15) is 8.42 Å². The summed E-state index contributed by atoms with van der Waals surface area (Å²) < 4.78 is 37.1. The largest absolute Gasteiger partial charge is 0.397 e. The van der Waals surface area contributed by atoms with Gasteiger partial charge in [0.15, 0.2) is 0 Å². The fraction of sp³-hybridized carbons (Fsp3) is 1.00. The van der Waals surface area contributed by atoms with Gasteiger partial charge in [-0.3, -0.25) is 4.55 Å². The summed E-state index contributed by atoms with van der Waals surface area (Å²) in [5.74, 6) is 0. The second-order valence-electron chi connectivity index (χ2n) is 2.22. The van der Waals surface area contributed by atoms with Crippen LogP contribution in [-0.2, 0) is 19.3 Å². The maximum absolute atomic E-state index is 10.00. The predicted molar refractivity (Wildman–Crippen MR) is 49.0 cm³/mol. The van der Waals surface area contributed by atoms with E-state index in [0.29, 0.717) is 6.61 Å². The van der Waals surface area contributed by atoms with Gasteiger partial charge in [0.25, 0.3) is 0 Å². The van der Waals surface area contributed by atoms with E-state index in [1.165, 1.54) is 0 Å². The van der Waals surface area contributed by atoms with Crippen LogP contribution < -0.4 is 0 Å². The van der Waals surface area contributed by atoms with E-state index in [4.69, 9.17) is 9.29 Å². The van der Waals surface area contributed by atoms with Crippen molar-refractivity contribution >= 4 is 40.0 Å². The number of rotatable bonds is 7. The van der Waals surface area contributed by atoms with Crippen molar-refractivity contribution in [3.05, 3.63) is 0 Å². The van der Waals surface area contributed by atoms with Crippen LogP contribution in [0.3, 0.4) is 0 Å². The summed E-state index contributed by atoms with van der Waals surface area (Å²) in [4.78, 5) is 0. The summed E-state index contributed by atoms with van der Waals surface area (Å²) in [6, 6.07) is 0. The molecule has 0 aromatic carbocycles. The van der Waals surface area contributed by atoms with Gasteiger partial charge in [-0.25, -0.2) is 4.18 Å². The molecule has 5 nitrogen and oxygen atoms in total. The third kappa shape index (κ3) is 15.6. The van der Waals surface area contributed by atoms with Gasteiger partial charge >= 0.3 is 10.4 Å². The molecular weight excluding hydrogens is 207 g/mol. The molecule has 0 spiro atoms. The van der Waals surface area contributed by atoms with Gasteiger partial charge in [-0.15, -0.1) is 0 Å². The zero-order chi connectivity index (χ0) is 9.45. The third-order valence-corrected chi connectivity index (χ3v) is 1.57. The molecule has 0 aromatic rings. The molecule has 0 aromatic heterocycles. The minimum atomic E-state index is -4.30. The summed E-state index contributed by atoms with van der Waals surface area (Å²) >= 11 is 0. The van der Waals surface area contributed by atoms with E-state index in [1.807, 2.05) is 6.92 Å². The average molecular weight is 221 g/mol. The Morgan fingerprint density at radius 3 is 2.31 bits per heavy atom. The van der Waals surface area contributed by atoms with E-state index in [-0.39, 0.29) is 42.8 Å². The van der Waals surface area contributed by atoms with Gasteiger partial charge in [0.05, 0.1) is 13.2 Å². The fourth-order valence-corrected chi connectivity index (χ4v) is 0.825. The third-order valence-electron chi connectivity index (χ3n) is 1.10. The standard InChI is InChI=1S/C6H14O5S.Na/c1-2-3-4-10-5-6-11-12(7,8)9;/h2-6H2,1H3,(H,7,8,9);. The van der Waals surface area contributed by atoms with Crippen LogP contribution in [-0.4, -0.2) is 62.3 Å². The number of unbranched alkanes of at least 4 members (excludes halogenated alkanes) is 1. The Morgan fingerprint density at radius 1 is 1.23 bits per heavy atom. The Morgan fingerprint density at radius 2 is 1.85 bits per heavy atom. The van der Waals surface area contributed by atoms with Crippen molar-refractivity contribution in [2.24, 2.45) is 0 Å². The van der Waals surface area contributed by atoms with Crippen LogP contribution in [0.2, 0.25) is 0 Å². The quantitative estimate of drug-likeness (QED) is 0.379. The first kappa shape index (κ1) is 16.3. The summed E-state index contributed by atoms with van der Waals surface area (Å²) in [7, 11) is -4.30. The molecule has 1 N–H and O–H groups in total. The van der Waals surface area contributed by atoms with Crippen molar-refractivity contribution in [2.75, 3.05) is 19.8 Å². The SMILES string of the molecule is CCCCOCCOS(=O)(=O)O.[Na]. The molecule has 0 heterocycles. The van der Waals surface area contributed by atoms with Crippen LogP contribution in [0.4, 0.5) is 0 Å². The molecule has 1 radical (unpaired) electrons. The molecule has 0 saturated heterocycles. The van der Waals surface area contributed by atoms with Crippen LogP contribution in [0.25, 0.3) is 0 Å². The molecule has 0 saturated carbocycles. The normalized spacial score (nSPS) is 10.9. The van der Waals surface area contributed by atoms with E-state index in [2.05, 4.69) is 4.18 Å². The Kier molecular flexibility index (Phi) is 11.7. The van der Waals surface area contributed by atoms with Crippen molar-refractivity contribution in [1.29, 1.82) is 0 Å². The maximum Gasteiger partial charge on any atom is 0.397 e. The van der Waals surface area contributed by atoms with Gasteiger partial charge in [0, 0.05) is 36.2 Å². The van der Waals surface area contributed by atoms with Crippen LogP contribution in [0, 0.1) is 0 Å². The molecule has 13 heavy (non-hydrogen) atoms. The van der Waals surface area contributed by atoms with Gasteiger partial charge in [-0.1, -0.05) is 13.3 Å². The Bertz CT molecular complexity index is 191. The summed E-state index contributed by atoms with van der Waals surface area (Å²) in [5.41, 5.74) is 0. The van der Waals surface area contributed by atoms with Gasteiger partial charge in [0.2, 0.25) is 0 Å². The smallest absolute Gasteiger partial charge is 0.379 e. The molecule has 0 aliphatic heterocycles. The summed E-state index contributed by atoms with van der Waals surface area (Å²) in [5, 5.41) is 0. The van der Waals surface area contributed by atoms with Gasteiger partial charge < -0.3 is 4.74 Å². The van der Waals surface area contributed by atoms with Crippen molar-refractivity contribution in [3.63, 3.8) is 0 Å². The monoisotopic (exact) mass is 221 g/mol. The first-order valence-corrected chi connectivity index (χ1v) is 5.12. The van der Waals surface area contributed by atoms with Gasteiger partial charge in [0.1, 0.15) is 0 Å². The van der Waals surface area contributed by atoms with Crippen molar-refractivity contribution in [2.45, 2.75) is 19.8 Å². The average Bonchev–Trinajstić information content (AvgIpc) is 1.94. The second-order valence-corrected chi connectivity index (χ2v) is 3.31. The number of ether oxygens (including phenoxy) is 1. The first-order chi connectivity index (χ1) is 5.56. The topological polar surface area (TPSA) is 72.8 Å². The Labute approximate surface area is 101 Å². The maximum atomic E-state index is 10.00. The van der Waals surface area contributed by atoms with Crippen LogP contribution in [0.5, 0.6) is 0 Å². The summed E-state index contributed by atoms with van der Waals surface area (Å²) in [6.07, 6.45) is 1.96. The van der Waals surface area contributed by atoms with Crippen LogP contribution in [0.15, 0.2) is 0 Å². The van der Waals surface area contributed by atoms with Crippen LogP contribution >= 0.6 is 0 Å². The van der Waals surface area contributed by atoms with Crippen molar-refractivity contribution < 1.29 is 21.9 Å². The molecule has 7 heteroatoms. The molecule has 0 atom stereocenters. The molecule has 75 valence electrons. The Balaban J connectivity index is 0. The second kappa shape index (κ2) is 9.39. The fourth-order valence-electron chi connectivity index (χ4n) is 0.547. The van der Waals surface area contributed by atoms with Crippen LogP contribution in [0.1, 0.15) is 19.8 Å². The number of hydrogen-bond acceptors (Lipinski definition) is 4. The van der Waals surface area contributed by atoms with E-state index >= 15 is 0 Å². The molecule has 0 amide bonds. The van der Waals surface area contributed by atoms with Crippen molar-refractivity contribution in [1.82, 2.24) is 0 Å². The molecule has 0 aliphatic rings. The van der Waals surface area contributed by atoms with E-state index in [0.717, 1.165) is 12.8 Å². The zero-order valence-corrected chi connectivity index (χ0v) is 10.8. The van der Waals surface area contributed by atoms with E-state index < -0.39 is 10.4 Å². The predicted octanol–water partition coefficient (Wildman–Crippen LogP) is 0.242. The molecular formula is C6H14NaO5S. The number of hydrogen-bond donors (Lipinski definition) is 1. The first-order valence-electron chi connectivity index (χ1n) is 3.76. The summed E-state index contributed by atoms with van der Waals surface area (Å²) in [6.45, 7) is 2.66. The molecule has 0 unspecified atom stereocenters. The van der Waals surface area contributed by atoms with E-state index in [1.54, 1.807) is 0 Å². The minimum absolute atomic E-state index is 0. The minimum Gasteiger partial charge on any atom is -0.379 e. The van der Waals surface area contributed by atoms with Gasteiger partial charge in [-0.2, -0.15) is 8.42 Å². The Hall–Kier alpha value is 0.830. The molecule has 0 bridgehead atoms. The van der Waals surface area contributed by atoms with Gasteiger partial charge in [-0.05, 0) is 6.42 Å². The molecule has 0 rings (SSSR count). The molecule has 0 fully saturated rings. The zero-order valence-electron chi connectivity index (χ0n) is 8.02.